The first-order chi connectivity index (χ1) is 13.6. The summed E-state index contributed by atoms with van der Waals surface area (Å²) in [6.07, 6.45) is -4.70. The summed E-state index contributed by atoms with van der Waals surface area (Å²) in [5, 5.41) is 39.1. The number of aliphatic hydroxyl groups is 4. The zero-order valence-corrected chi connectivity index (χ0v) is 16.3. The highest BCUT2D eigenvalue weighted by Crippen LogP contribution is 2.28. The number of fused-ring (bicyclic) bond motifs is 2. The van der Waals surface area contributed by atoms with E-state index in [9.17, 15) is 24.9 Å². The molecule has 10 heteroatoms. The summed E-state index contributed by atoms with van der Waals surface area (Å²) in [5.74, 6) is 0.132. The maximum atomic E-state index is 12.3. The fourth-order valence-electron chi connectivity index (χ4n) is 3.43. The molecule has 3 atom stereocenters. The van der Waals surface area contributed by atoms with E-state index in [4.69, 9.17) is 5.11 Å². The molecule has 0 fully saturated rings. The average molecular weight is 404 g/mol. The van der Waals surface area contributed by atoms with Crippen LogP contribution in [-0.2, 0) is 6.54 Å². The van der Waals surface area contributed by atoms with Crippen LogP contribution >= 0.6 is 0 Å². The zero-order valence-electron chi connectivity index (χ0n) is 16.3. The van der Waals surface area contributed by atoms with E-state index in [0.29, 0.717) is 11.0 Å². The molecule has 29 heavy (non-hydrogen) atoms. The highest BCUT2D eigenvalue weighted by atomic mass is 16.4. The lowest BCUT2D eigenvalue weighted by atomic mass is 9.97. The van der Waals surface area contributed by atoms with E-state index in [1.807, 2.05) is 26.8 Å². The topological polar surface area (TPSA) is 162 Å². The van der Waals surface area contributed by atoms with Crippen molar-refractivity contribution in [2.24, 2.45) is 0 Å². The summed E-state index contributed by atoms with van der Waals surface area (Å²) >= 11 is 0. The van der Waals surface area contributed by atoms with Crippen LogP contribution in [0.25, 0.3) is 22.6 Å². The van der Waals surface area contributed by atoms with Gasteiger partial charge in [-0.1, -0.05) is 13.8 Å². The van der Waals surface area contributed by atoms with E-state index >= 15 is 0 Å². The third-order valence-electron chi connectivity index (χ3n) is 4.96. The van der Waals surface area contributed by atoms with Gasteiger partial charge in [0.05, 0.1) is 24.2 Å². The number of hydrogen-bond acceptors (Lipinski definition) is 8. The van der Waals surface area contributed by atoms with Gasteiger partial charge >= 0.3 is 5.69 Å². The van der Waals surface area contributed by atoms with Crippen LogP contribution in [0.1, 0.15) is 30.9 Å². The lowest BCUT2D eigenvalue weighted by Crippen LogP contribution is -2.42. The van der Waals surface area contributed by atoms with Crippen molar-refractivity contribution < 1.29 is 20.4 Å². The lowest BCUT2D eigenvalue weighted by molar-refractivity contribution is -0.0802. The second kappa shape index (κ2) is 7.99. The summed E-state index contributed by atoms with van der Waals surface area (Å²) in [6.45, 7) is 4.93. The summed E-state index contributed by atoms with van der Waals surface area (Å²) < 4.78 is 1.43. The molecule has 2 heterocycles. The Morgan fingerprint density at radius 3 is 2.41 bits per heavy atom. The molecule has 5 N–H and O–H groups in total. The number of aliphatic hydroxyl groups excluding tert-OH is 4. The van der Waals surface area contributed by atoms with Crippen molar-refractivity contribution in [3.05, 3.63) is 44.1 Å². The molecule has 0 amide bonds. The van der Waals surface area contributed by atoms with E-state index in [2.05, 4.69) is 15.0 Å². The number of H-pyrrole nitrogens is 1. The Bertz CT molecular complexity index is 1120. The molecule has 1 aromatic rings. The summed E-state index contributed by atoms with van der Waals surface area (Å²) in [5.41, 5.74) is 1.27. The predicted molar refractivity (Wildman–Crippen MR) is 105 cm³/mol. The highest BCUT2D eigenvalue weighted by Gasteiger charge is 2.27. The first-order valence-electron chi connectivity index (χ1n) is 9.24. The third-order valence-corrected chi connectivity index (χ3v) is 4.96. The maximum absolute atomic E-state index is 12.3. The standard InChI is InChI=1S/C19H24N4O6/c1-8(2)10-5-12-11(4-9(10)3)20-15-17(21-19(29)22-18(15)28)23(12)6-13(25)16(27)14(26)7-24/h4-5,8,13-14,16,24-27H,6-7H2,1-3H3,(H,22,28,29)/t13-,14+,16-/m0/s1. The predicted octanol–water partition coefficient (Wildman–Crippen LogP) is -0.909. The molecule has 2 aliphatic rings. The van der Waals surface area contributed by atoms with Gasteiger partial charge in [-0.25, -0.2) is 9.78 Å². The fourth-order valence-corrected chi connectivity index (χ4v) is 3.43. The Labute approximate surface area is 165 Å². The number of rotatable bonds is 6. The van der Waals surface area contributed by atoms with Crippen molar-refractivity contribution in [1.29, 1.82) is 0 Å². The minimum Gasteiger partial charge on any atom is -0.394 e. The van der Waals surface area contributed by atoms with Crippen LogP contribution in [0.15, 0.2) is 21.7 Å². The van der Waals surface area contributed by atoms with Crippen molar-refractivity contribution in [1.82, 2.24) is 19.5 Å². The normalized spacial score (nSPS) is 15.2. The Morgan fingerprint density at radius 2 is 1.79 bits per heavy atom. The van der Waals surface area contributed by atoms with Gasteiger partial charge in [-0.05, 0) is 36.1 Å². The van der Waals surface area contributed by atoms with Crippen LogP contribution in [0.3, 0.4) is 0 Å². The summed E-state index contributed by atoms with van der Waals surface area (Å²) in [7, 11) is 0. The van der Waals surface area contributed by atoms with Crippen LogP contribution in [0, 0.1) is 6.92 Å². The van der Waals surface area contributed by atoms with Gasteiger partial charge in [0.2, 0.25) is 0 Å². The van der Waals surface area contributed by atoms with E-state index < -0.39 is 36.2 Å². The highest BCUT2D eigenvalue weighted by molar-refractivity contribution is 5.81. The molecule has 0 saturated carbocycles. The Balaban J connectivity index is 2.31. The summed E-state index contributed by atoms with van der Waals surface area (Å²) in [4.78, 5) is 34.3. The third kappa shape index (κ3) is 3.92. The Hall–Kier alpha value is -2.66. The molecule has 2 aliphatic heterocycles. The van der Waals surface area contributed by atoms with Crippen LogP contribution in [-0.4, -0.2) is 64.9 Å². The quantitative estimate of drug-likeness (QED) is 0.330. The first kappa shape index (κ1) is 21.1. The average Bonchev–Trinajstić information content (AvgIpc) is 2.66. The zero-order chi connectivity index (χ0) is 21.5. The monoisotopic (exact) mass is 404 g/mol. The second-order valence-electron chi connectivity index (χ2n) is 7.43. The van der Waals surface area contributed by atoms with E-state index in [-0.39, 0.29) is 24.0 Å². The minimum atomic E-state index is -1.64. The first-order valence-corrected chi connectivity index (χ1v) is 9.24. The van der Waals surface area contributed by atoms with Crippen molar-refractivity contribution in [3.63, 3.8) is 0 Å². The number of aromatic amines is 1. The van der Waals surface area contributed by atoms with Crippen LogP contribution in [0.4, 0.5) is 0 Å². The van der Waals surface area contributed by atoms with Crippen molar-refractivity contribution >= 4 is 11.0 Å². The number of aromatic nitrogens is 4. The number of nitrogens with zero attached hydrogens (tertiary/aromatic N) is 3. The maximum Gasteiger partial charge on any atom is 0.349 e. The van der Waals surface area contributed by atoms with Crippen LogP contribution in [0.2, 0.25) is 0 Å². The molecule has 0 spiro atoms. The molecule has 0 aromatic heterocycles. The molecule has 0 unspecified atom stereocenters. The molecule has 156 valence electrons. The molecule has 3 rings (SSSR count). The molecule has 0 aliphatic carbocycles. The molecular weight excluding hydrogens is 380 g/mol. The van der Waals surface area contributed by atoms with Crippen LogP contribution in [0.5, 0.6) is 0 Å². The lowest BCUT2D eigenvalue weighted by Gasteiger charge is -2.25. The summed E-state index contributed by atoms with van der Waals surface area (Å²) in [6, 6.07) is 3.65. The largest absolute Gasteiger partial charge is 0.394 e. The van der Waals surface area contributed by atoms with E-state index in [1.165, 1.54) is 4.57 Å². The number of nitrogens with one attached hydrogen (secondary N) is 1. The molecule has 0 radical (unpaired) electrons. The van der Waals surface area contributed by atoms with E-state index in [1.54, 1.807) is 6.07 Å². The molecule has 1 aromatic carbocycles. The van der Waals surface area contributed by atoms with Crippen molar-refractivity contribution in [3.8, 4) is 11.5 Å². The number of benzene rings is 1. The number of aryl methyl sites for hydroxylation is 1. The Kier molecular flexibility index (Phi) is 5.80. The molecule has 0 bridgehead atoms. The van der Waals surface area contributed by atoms with Gasteiger partial charge in [0.25, 0.3) is 5.56 Å². The minimum absolute atomic E-state index is 0.0467. The van der Waals surface area contributed by atoms with Gasteiger partial charge in [-0.3, -0.25) is 9.78 Å². The van der Waals surface area contributed by atoms with Gasteiger partial charge in [-0.2, -0.15) is 4.98 Å². The Morgan fingerprint density at radius 1 is 1.10 bits per heavy atom. The van der Waals surface area contributed by atoms with Crippen molar-refractivity contribution in [2.75, 3.05) is 6.61 Å². The number of hydrogen-bond donors (Lipinski definition) is 5. The molecule has 10 nitrogen and oxygen atoms in total. The molecule has 0 saturated heterocycles. The van der Waals surface area contributed by atoms with Crippen LogP contribution < -0.4 is 11.2 Å². The van der Waals surface area contributed by atoms with Gasteiger partial charge < -0.3 is 25.0 Å². The fraction of sp³-hybridized carbons (Fsp3) is 0.474. The smallest absolute Gasteiger partial charge is 0.349 e. The van der Waals surface area contributed by atoms with E-state index in [0.717, 1.165) is 11.1 Å². The van der Waals surface area contributed by atoms with Gasteiger partial charge in [0.15, 0.2) is 11.5 Å². The van der Waals surface area contributed by atoms with Gasteiger partial charge in [-0.15, -0.1) is 0 Å². The van der Waals surface area contributed by atoms with Gasteiger partial charge in [0, 0.05) is 0 Å². The van der Waals surface area contributed by atoms with Gasteiger partial charge in [0.1, 0.15) is 18.3 Å². The second-order valence-corrected chi connectivity index (χ2v) is 7.43. The SMILES string of the molecule is Cc1cc2nc3c(=O)[nH]c(=O)nc-3n(C[C@H](O)[C@H](O)[C@H](O)CO)c2cc1C(C)C. The van der Waals surface area contributed by atoms with Crippen molar-refractivity contribution in [2.45, 2.75) is 51.5 Å². The molecular formula is C19H24N4O6.